The van der Waals surface area contributed by atoms with E-state index in [1.54, 1.807) is 47.6 Å². The van der Waals surface area contributed by atoms with Crippen molar-refractivity contribution in [1.29, 1.82) is 0 Å². The predicted octanol–water partition coefficient (Wildman–Crippen LogP) is 2.53. The normalized spacial score (nSPS) is 12.2. The molecule has 0 spiro atoms. The van der Waals surface area contributed by atoms with Gasteiger partial charge in [-0.3, -0.25) is 9.59 Å². The average molecular weight is 316 g/mol. The number of carbonyl (C=O) groups is 2. The number of hydrogen-bond donors (Lipinski definition) is 2. The molecule has 6 heteroatoms. The maximum atomic E-state index is 10.8. The second-order valence-corrected chi connectivity index (χ2v) is 7.08. The van der Waals surface area contributed by atoms with Gasteiger partial charge in [0.2, 0.25) is 0 Å². The van der Waals surface area contributed by atoms with E-state index in [4.69, 9.17) is 0 Å². The number of carbonyl (C=O) groups excluding carboxylic acids is 2. The van der Waals surface area contributed by atoms with Gasteiger partial charge in [-0.15, -0.1) is 0 Å². The Balaban J connectivity index is 3.46. The molecule has 2 N–H and O–H groups in total. The fourth-order valence-electron chi connectivity index (χ4n) is 1.41. The van der Waals surface area contributed by atoms with Crippen molar-refractivity contribution < 1.29 is 9.59 Å². The van der Waals surface area contributed by atoms with Crippen LogP contribution >= 0.6 is 21.6 Å². The summed E-state index contributed by atoms with van der Waals surface area (Å²) in [5.41, 5.74) is 1.82. The lowest BCUT2D eigenvalue weighted by Crippen LogP contribution is -2.16. The van der Waals surface area contributed by atoms with Gasteiger partial charge in [-0.05, 0) is 39.8 Å². The van der Waals surface area contributed by atoms with Crippen LogP contribution in [0.4, 0.5) is 0 Å². The quantitative estimate of drug-likeness (QED) is 0.347. The molecule has 0 aliphatic rings. The minimum absolute atomic E-state index is 0.0667. The zero-order valence-corrected chi connectivity index (χ0v) is 14.2. The van der Waals surface area contributed by atoms with E-state index in [1.165, 1.54) is 0 Å². The molecule has 0 aromatic carbocycles. The Hall–Kier alpha value is -0.880. The highest BCUT2D eigenvalue weighted by molar-refractivity contribution is 8.76. The first-order chi connectivity index (χ1) is 9.41. The lowest BCUT2D eigenvalue weighted by atomic mass is 10.3. The molecule has 0 aliphatic heterocycles. The summed E-state index contributed by atoms with van der Waals surface area (Å²) in [5, 5.41) is 6.38. The molecule has 0 unspecified atom stereocenters. The van der Waals surface area contributed by atoms with Gasteiger partial charge >= 0.3 is 0 Å². The van der Waals surface area contributed by atoms with Crippen molar-refractivity contribution >= 4 is 33.2 Å². The SMILES string of the molecule is CC(=O)/C=C(\C)NCCSSCCN/C(C)=C/C(C)=O. The summed E-state index contributed by atoms with van der Waals surface area (Å²) in [4.78, 5) is 21.6. The van der Waals surface area contributed by atoms with Crippen LogP contribution in [0.3, 0.4) is 0 Å². The third-order valence-electron chi connectivity index (χ3n) is 2.10. The Morgan fingerprint density at radius 3 is 1.45 bits per heavy atom. The highest BCUT2D eigenvalue weighted by Crippen LogP contribution is 2.19. The van der Waals surface area contributed by atoms with Crippen LogP contribution in [0.1, 0.15) is 27.7 Å². The number of rotatable bonds is 11. The van der Waals surface area contributed by atoms with Crippen molar-refractivity contribution in [3.05, 3.63) is 23.5 Å². The summed E-state index contributed by atoms with van der Waals surface area (Å²) in [5.74, 6) is 2.10. The van der Waals surface area contributed by atoms with E-state index in [0.29, 0.717) is 0 Å². The maximum Gasteiger partial charge on any atom is 0.154 e. The largest absolute Gasteiger partial charge is 0.388 e. The van der Waals surface area contributed by atoms with Gasteiger partial charge in [0.05, 0.1) is 0 Å². The van der Waals surface area contributed by atoms with Crippen LogP contribution < -0.4 is 10.6 Å². The Morgan fingerprint density at radius 1 is 0.800 bits per heavy atom. The van der Waals surface area contributed by atoms with Gasteiger partial charge in [-0.1, -0.05) is 21.6 Å². The lowest BCUT2D eigenvalue weighted by molar-refractivity contribution is -0.113. The molecule has 0 amide bonds. The number of hydrogen-bond acceptors (Lipinski definition) is 6. The minimum Gasteiger partial charge on any atom is -0.388 e. The van der Waals surface area contributed by atoms with Crippen LogP contribution in [-0.2, 0) is 9.59 Å². The first kappa shape index (κ1) is 19.1. The molecule has 4 nitrogen and oxygen atoms in total. The maximum absolute atomic E-state index is 10.8. The van der Waals surface area contributed by atoms with Crippen LogP contribution in [0.2, 0.25) is 0 Å². The van der Waals surface area contributed by atoms with Crippen LogP contribution in [0.15, 0.2) is 23.5 Å². The van der Waals surface area contributed by atoms with E-state index in [-0.39, 0.29) is 11.6 Å². The Bertz CT molecular complexity index is 343. The fourth-order valence-corrected chi connectivity index (χ4v) is 3.22. The first-order valence-corrected chi connectivity index (χ1v) is 9.00. The van der Waals surface area contributed by atoms with Crippen molar-refractivity contribution in [3.63, 3.8) is 0 Å². The van der Waals surface area contributed by atoms with E-state index in [1.807, 2.05) is 13.8 Å². The smallest absolute Gasteiger partial charge is 0.154 e. The third-order valence-corrected chi connectivity index (χ3v) is 4.51. The Morgan fingerprint density at radius 2 is 1.15 bits per heavy atom. The molecule has 0 rings (SSSR count). The monoisotopic (exact) mass is 316 g/mol. The van der Waals surface area contributed by atoms with Crippen LogP contribution in [0.25, 0.3) is 0 Å². The van der Waals surface area contributed by atoms with Gasteiger partial charge in [0.1, 0.15) is 0 Å². The zero-order chi connectivity index (χ0) is 15.4. The molecule has 0 heterocycles. The van der Waals surface area contributed by atoms with Crippen molar-refractivity contribution in [3.8, 4) is 0 Å². The van der Waals surface area contributed by atoms with Crippen LogP contribution in [-0.4, -0.2) is 36.2 Å². The summed E-state index contributed by atoms with van der Waals surface area (Å²) >= 11 is 0. The Labute approximate surface area is 129 Å². The van der Waals surface area contributed by atoms with Gasteiger partial charge in [-0.25, -0.2) is 0 Å². The lowest BCUT2D eigenvalue weighted by Gasteiger charge is -2.07. The highest BCUT2D eigenvalue weighted by Gasteiger charge is 1.95. The molecule has 0 saturated carbocycles. The van der Waals surface area contributed by atoms with E-state index in [2.05, 4.69) is 10.6 Å². The second-order valence-electron chi connectivity index (χ2n) is 4.37. The molecule has 0 atom stereocenters. The summed E-state index contributed by atoms with van der Waals surface area (Å²) in [6.07, 6.45) is 3.21. The highest BCUT2D eigenvalue weighted by atomic mass is 33.1. The van der Waals surface area contributed by atoms with E-state index >= 15 is 0 Å². The standard InChI is InChI=1S/C14H24N2O2S2/c1-11(9-13(3)17)15-5-7-19-20-8-6-16-12(2)10-14(4)18/h9-10,15-16H,5-8H2,1-4H3/b11-9+,12-10+. The molecule has 0 aromatic rings. The minimum atomic E-state index is 0.0667. The molecule has 0 bridgehead atoms. The van der Waals surface area contributed by atoms with E-state index < -0.39 is 0 Å². The fraction of sp³-hybridized carbons (Fsp3) is 0.571. The van der Waals surface area contributed by atoms with Crippen molar-refractivity contribution in [2.75, 3.05) is 24.6 Å². The number of ketones is 2. The number of nitrogens with one attached hydrogen (secondary N) is 2. The number of allylic oxidation sites excluding steroid dienone is 4. The molecule has 0 radical (unpaired) electrons. The Kier molecular flexibility index (Phi) is 11.4. The van der Waals surface area contributed by atoms with Crippen LogP contribution in [0.5, 0.6) is 0 Å². The van der Waals surface area contributed by atoms with Gasteiger partial charge < -0.3 is 10.6 Å². The van der Waals surface area contributed by atoms with Gasteiger partial charge in [0.15, 0.2) is 11.6 Å². The first-order valence-electron chi connectivity index (χ1n) is 6.51. The topological polar surface area (TPSA) is 58.2 Å². The molecular weight excluding hydrogens is 292 g/mol. The predicted molar refractivity (Wildman–Crippen MR) is 89.8 cm³/mol. The molecule has 114 valence electrons. The van der Waals surface area contributed by atoms with Crippen molar-refractivity contribution in [2.24, 2.45) is 0 Å². The van der Waals surface area contributed by atoms with Crippen molar-refractivity contribution in [2.45, 2.75) is 27.7 Å². The zero-order valence-electron chi connectivity index (χ0n) is 12.6. The van der Waals surface area contributed by atoms with Gasteiger partial charge in [0, 0.05) is 36.0 Å². The van der Waals surface area contributed by atoms with Gasteiger partial charge in [-0.2, -0.15) is 0 Å². The molecule has 0 saturated heterocycles. The summed E-state index contributed by atoms with van der Waals surface area (Å²) in [6, 6.07) is 0. The van der Waals surface area contributed by atoms with Crippen LogP contribution in [0, 0.1) is 0 Å². The molecule has 0 aromatic heterocycles. The summed E-state index contributed by atoms with van der Waals surface area (Å²) < 4.78 is 0. The summed E-state index contributed by atoms with van der Waals surface area (Å²) in [6.45, 7) is 8.59. The summed E-state index contributed by atoms with van der Waals surface area (Å²) in [7, 11) is 3.59. The third kappa shape index (κ3) is 13.5. The second kappa shape index (κ2) is 11.9. The van der Waals surface area contributed by atoms with Gasteiger partial charge in [0.25, 0.3) is 0 Å². The van der Waals surface area contributed by atoms with E-state index in [0.717, 1.165) is 36.0 Å². The molecule has 0 aliphatic carbocycles. The molecule has 0 fully saturated rings. The van der Waals surface area contributed by atoms with Crippen molar-refractivity contribution in [1.82, 2.24) is 10.6 Å². The molecular formula is C14H24N2O2S2. The van der Waals surface area contributed by atoms with E-state index in [9.17, 15) is 9.59 Å². The average Bonchev–Trinajstić information content (AvgIpc) is 2.30. The molecule has 20 heavy (non-hydrogen) atoms.